The Kier molecular flexibility index (Phi) is 8.14. The van der Waals surface area contributed by atoms with Gasteiger partial charge in [-0.05, 0) is 37.2 Å². The molecule has 1 saturated carbocycles. The number of alkyl halides is 1. The van der Waals surface area contributed by atoms with Gasteiger partial charge in [-0.15, -0.1) is 16.7 Å². The minimum atomic E-state index is 0.179. The fourth-order valence-electron chi connectivity index (χ4n) is 3.47. The molecule has 1 aliphatic carbocycles. The van der Waals surface area contributed by atoms with E-state index in [9.17, 15) is 0 Å². The van der Waals surface area contributed by atoms with E-state index in [0.29, 0.717) is 18.4 Å². The molecule has 1 fully saturated rings. The fourth-order valence-corrected chi connectivity index (χ4v) is 3.88. The number of rotatable bonds is 9. The van der Waals surface area contributed by atoms with E-state index >= 15 is 0 Å². The molecule has 1 atom stereocenters. The third-order valence-electron chi connectivity index (χ3n) is 4.95. The number of hydrogen-bond acceptors (Lipinski definition) is 3. The first-order chi connectivity index (χ1) is 11.2. The molecule has 1 heterocycles. The second-order valence-corrected chi connectivity index (χ2v) is 7.42. The lowest BCUT2D eigenvalue weighted by Gasteiger charge is -2.31. The van der Waals surface area contributed by atoms with Crippen molar-refractivity contribution in [2.45, 2.75) is 77.0 Å². The van der Waals surface area contributed by atoms with Gasteiger partial charge in [-0.2, -0.15) is 5.10 Å². The van der Waals surface area contributed by atoms with Crippen molar-refractivity contribution in [2.75, 3.05) is 6.61 Å². The minimum absolute atomic E-state index is 0.179. The molecule has 1 unspecified atom stereocenters. The van der Waals surface area contributed by atoms with Crippen molar-refractivity contribution in [1.82, 2.24) is 10.2 Å². The van der Waals surface area contributed by atoms with Gasteiger partial charge in [0.05, 0.1) is 12.3 Å². The second kappa shape index (κ2) is 10.1. The maximum absolute atomic E-state index is 6.66. The van der Waals surface area contributed by atoms with Crippen molar-refractivity contribution in [2.24, 2.45) is 11.8 Å². The summed E-state index contributed by atoms with van der Waals surface area (Å²) < 4.78 is 5.55. The molecule has 4 heteroatoms. The Morgan fingerprint density at radius 2 is 1.91 bits per heavy atom. The van der Waals surface area contributed by atoms with Crippen LogP contribution in [0.15, 0.2) is 12.1 Å². The average Bonchev–Trinajstić information content (AvgIpc) is 2.57. The van der Waals surface area contributed by atoms with Gasteiger partial charge >= 0.3 is 0 Å². The van der Waals surface area contributed by atoms with E-state index in [4.69, 9.17) is 16.3 Å². The summed E-state index contributed by atoms with van der Waals surface area (Å²) in [6.07, 6.45) is 10.9. The molecule has 23 heavy (non-hydrogen) atoms. The van der Waals surface area contributed by atoms with Crippen molar-refractivity contribution in [3.63, 3.8) is 0 Å². The summed E-state index contributed by atoms with van der Waals surface area (Å²) in [5.74, 6) is 2.18. The van der Waals surface area contributed by atoms with Crippen LogP contribution in [-0.2, 0) is 6.42 Å². The summed E-state index contributed by atoms with van der Waals surface area (Å²) in [5, 5.41) is 8.61. The Bertz CT molecular complexity index is 430. The summed E-state index contributed by atoms with van der Waals surface area (Å²) in [6.45, 7) is 5.14. The van der Waals surface area contributed by atoms with Crippen molar-refractivity contribution in [1.29, 1.82) is 0 Å². The Labute approximate surface area is 146 Å². The molecule has 0 bridgehead atoms. The molecule has 0 saturated heterocycles. The van der Waals surface area contributed by atoms with Gasteiger partial charge < -0.3 is 4.74 Å². The van der Waals surface area contributed by atoms with Gasteiger partial charge in [0, 0.05) is 17.9 Å². The molecule has 0 aromatic carbocycles. The summed E-state index contributed by atoms with van der Waals surface area (Å²) in [6, 6.07) is 3.92. The monoisotopic (exact) mass is 338 g/mol. The minimum Gasteiger partial charge on any atom is -0.477 e. The summed E-state index contributed by atoms with van der Waals surface area (Å²) in [4.78, 5) is 0. The molecule has 0 radical (unpaired) electrons. The Hall–Kier alpha value is -0.830. The fraction of sp³-hybridized carbons (Fsp3) is 0.789. The topological polar surface area (TPSA) is 35.0 Å². The summed E-state index contributed by atoms with van der Waals surface area (Å²) in [5.41, 5.74) is 0.975. The van der Waals surface area contributed by atoms with Gasteiger partial charge in [-0.3, -0.25) is 0 Å². The van der Waals surface area contributed by atoms with Crippen LogP contribution in [0.4, 0.5) is 0 Å². The maximum Gasteiger partial charge on any atom is 0.233 e. The van der Waals surface area contributed by atoms with E-state index in [1.165, 1.54) is 38.5 Å². The van der Waals surface area contributed by atoms with Crippen molar-refractivity contribution >= 4 is 11.6 Å². The lowest BCUT2D eigenvalue weighted by molar-refractivity contribution is 0.254. The van der Waals surface area contributed by atoms with Gasteiger partial charge in [-0.1, -0.05) is 46.0 Å². The van der Waals surface area contributed by atoms with Gasteiger partial charge in [0.15, 0.2) is 0 Å². The highest BCUT2D eigenvalue weighted by Gasteiger charge is 2.26. The Morgan fingerprint density at radius 1 is 1.13 bits per heavy atom. The standard InChI is InChI=1S/C19H31ClN2O/c1-3-5-13-23-19-12-11-17(21-22-19)14-18(20)16-9-7-15(6-4-2)8-10-16/h11-12,15-16,18H,3-10,13-14H2,1-2H3. The zero-order chi connectivity index (χ0) is 16.5. The summed E-state index contributed by atoms with van der Waals surface area (Å²) >= 11 is 6.66. The van der Waals surface area contributed by atoms with Crippen LogP contribution >= 0.6 is 11.6 Å². The smallest absolute Gasteiger partial charge is 0.233 e. The molecule has 3 nitrogen and oxygen atoms in total. The van der Waals surface area contributed by atoms with Crippen LogP contribution in [0.1, 0.15) is 70.9 Å². The molecule has 0 amide bonds. The largest absolute Gasteiger partial charge is 0.477 e. The van der Waals surface area contributed by atoms with E-state index in [1.807, 2.05) is 12.1 Å². The van der Waals surface area contributed by atoms with Gasteiger partial charge in [0.2, 0.25) is 5.88 Å². The second-order valence-electron chi connectivity index (χ2n) is 6.85. The normalized spacial score (nSPS) is 22.7. The van der Waals surface area contributed by atoms with Gasteiger partial charge in [-0.25, -0.2) is 0 Å². The SMILES string of the molecule is CCCCOc1ccc(CC(Cl)C2CCC(CCC)CC2)nn1. The van der Waals surface area contributed by atoms with Crippen LogP contribution in [0.25, 0.3) is 0 Å². The van der Waals surface area contributed by atoms with E-state index in [1.54, 1.807) is 0 Å². The highest BCUT2D eigenvalue weighted by atomic mass is 35.5. The molecule has 1 aliphatic rings. The van der Waals surface area contributed by atoms with Crippen molar-refractivity contribution < 1.29 is 4.74 Å². The Morgan fingerprint density at radius 3 is 2.52 bits per heavy atom. The zero-order valence-corrected chi connectivity index (χ0v) is 15.4. The number of ether oxygens (including phenoxy) is 1. The lowest BCUT2D eigenvalue weighted by atomic mass is 9.78. The van der Waals surface area contributed by atoms with Crippen molar-refractivity contribution in [3.05, 3.63) is 17.8 Å². The highest BCUT2D eigenvalue weighted by molar-refractivity contribution is 6.20. The predicted molar refractivity (Wildman–Crippen MR) is 96.1 cm³/mol. The average molecular weight is 339 g/mol. The quantitative estimate of drug-likeness (QED) is 0.446. The maximum atomic E-state index is 6.66. The van der Waals surface area contributed by atoms with Gasteiger partial charge in [0.25, 0.3) is 0 Å². The first-order valence-corrected chi connectivity index (χ1v) is 9.76. The van der Waals surface area contributed by atoms with Crippen LogP contribution in [0.2, 0.25) is 0 Å². The number of unbranched alkanes of at least 4 members (excludes halogenated alkanes) is 1. The molecular formula is C19H31ClN2O. The molecular weight excluding hydrogens is 308 g/mol. The van der Waals surface area contributed by atoms with E-state index in [0.717, 1.165) is 30.9 Å². The van der Waals surface area contributed by atoms with Crippen LogP contribution < -0.4 is 4.74 Å². The zero-order valence-electron chi connectivity index (χ0n) is 14.6. The first-order valence-electron chi connectivity index (χ1n) is 9.32. The molecule has 130 valence electrons. The third kappa shape index (κ3) is 6.29. The number of aromatic nitrogens is 2. The van der Waals surface area contributed by atoms with E-state index in [-0.39, 0.29) is 5.38 Å². The number of hydrogen-bond donors (Lipinski definition) is 0. The third-order valence-corrected chi connectivity index (χ3v) is 5.46. The number of halogens is 1. The molecule has 0 aliphatic heterocycles. The highest BCUT2D eigenvalue weighted by Crippen LogP contribution is 2.35. The summed E-state index contributed by atoms with van der Waals surface area (Å²) in [7, 11) is 0. The van der Waals surface area contributed by atoms with E-state index in [2.05, 4.69) is 24.0 Å². The van der Waals surface area contributed by atoms with Crippen LogP contribution in [0.5, 0.6) is 5.88 Å². The Balaban J connectivity index is 1.75. The van der Waals surface area contributed by atoms with Crippen molar-refractivity contribution in [3.8, 4) is 5.88 Å². The molecule has 1 aromatic rings. The van der Waals surface area contributed by atoms with Gasteiger partial charge in [0.1, 0.15) is 0 Å². The lowest BCUT2D eigenvalue weighted by Crippen LogP contribution is -2.24. The molecule has 0 N–H and O–H groups in total. The van der Waals surface area contributed by atoms with Crippen LogP contribution in [0.3, 0.4) is 0 Å². The first kappa shape index (κ1) is 18.5. The molecule has 2 rings (SSSR count). The van der Waals surface area contributed by atoms with E-state index < -0.39 is 0 Å². The molecule has 0 spiro atoms. The molecule has 1 aromatic heterocycles. The van der Waals surface area contributed by atoms with Crippen LogP contribution in [0, 0.1) is 11.8 Å². The predicted octanol–water partition coefficient (Wildman–Crippen LogP) is 5.41. The number of nitrogens with zero attached hydrogens (tertiary/aromatic N) is 2. The van der Waals surface area contributed by atoms with Crippen LogP contribution in [-0.4, -0.2) is 22.2 Å².